The van der Waals surface area contributed by atoms with E-state index in [4.69, 9.17) is 10.5 Å². The monoisotopic (exact) mass is 381 g/mol. The normalized spacial score (nSPS) is 21.9. The third kappa shape index (κ3) is 3.11. The molecule has 27 heavy (non-hydrogen) atoms. The smallest absolute Gasteiger partial charge is 0.315 e. The van der Waals surface area contributed by atoms with Gasteiger partial charge in [-0.1, -0.05) is 23.5 Å². The van der Waals surface area contributed by atoms with Crippen LogP contribution in [-0.4, -0.2) is 51.0 Å². The first-order valence-corrected chi connectivity index (χ1v) is 9.76. The van der Waals surface area contributed by atoms with E-state index in [-0.39, 0.29) is 12.1 Å². The lowest BCUT2D eigenvalue weighted by atomic mass is 10.2. The highest BCUT2D eigenvalue weighted by molar-refractivity contribution is 7.20. The van der Waals surface area contributed by atoms with Crippen molar-refractivity contribution in [2.45, 2.75) is 25.0 Å². The van der Waals surface area contributed by atoms with Crippen molar-refractivity contribution in [2.75, 3.05) is 13.1 Å². The minimum atomic E-state index is -0.298. The molecule has 0 aliphatic carbocycles. The number of ether oxygens (including phenoxy) is 1. The summed E-state index contributed by atoms with van der Waals surface area (Å²) in [5, 5.41) is 0.597. The Morgan fingerprint density at radius 3 is 2.78 bits per heavy atom. The van der Waals surface area contributed by atoms with Gasteiger partial charge in [0.15, 0.2) is 5.65 Å². The zero-order valence-electron chi connectivity index (χ0n) is 14.6. The van der Waals surface area contributed by atoms with Crippen molar-refractivity contribution in [3.05, 3.63) is 48.2 Å². The Morgan fingerprint density at radius 1 is 1.22 bits per heavy atom. The van der Waals surface area contributed by atoms with Gasteiger partial charge in [0.25, 0.3) is 5.19 Å². The lowest BCUT2D eigenvalue weighted by Crippen LogP contribution is -2.50. The van der Waals surface area contributed by atoms with Crippen LogP contribution < -0.4 is 10.5 Å². The number of hydrogen-bond acceptors (Lipinski definition) is 6. The molecule has 5 rings (SSSR count). The van der Waals surface area contributed by atoms with Gasteiger partial charge in [0.2, 0.25) is 0 Å². The molecule has 2 saturated heterocycles. The molecular formula is C19H19N5O2S. The van der Waals surface area contributed by atoms with E-state index in [0.717, 1.165) is 36.5 Å². The Balaban J connectivity index is 1.23. The van der Waals surface area contributed by atoms with Gasteiger partial charge < -0.3 is 15.4 Å². The summed E-state index contributed by atoms with van der Waals surface area (Å²) >= 11 is 1.49. The molecule has 7 nitrogen and oxygen atoms in total. The van der Waals surface area contributed by atoms with E-state index in [1.165, 1.54) is 16.9 Å². The molecule has 2 aromatic heterocycles. The number of rotatable bonds is 4. The summed E-state index contributed by atoms with van der Waals surface area (Å²) in [6.07, 6.45) is 2.75. The van der Waals surface area contributed by atoms with E-state index < -0.39 is 0 Å². The fourth-order valence-corrected chi connectivity index (χ4v) is 4.80. The van der Waals surface area contributed by atoms with E-state index in [1.807, 2.05) is 24.3 Å². The number of carbonyl (C=O) groups is 1. The molecule has 0 radical (unpaired) electrons. The van der Waals surface area contributed by atoms with E-state index >= 15 is 0 Å². The van der Waals surface area contributed by atoms with Gasteiger partial charge in [0.1, 0.15) is 5.75 Å². The first-order valence-electron chi connectivity index (χ1n) is 8.94. The number of nitrogens with two attached hydrogens (primary N) is 1. The SMILES string of the molecule is NC(=O)N1C[C@@H]2C[C@H]1CN2Cc1ccc(Oc2nc3ncccc3s2)cc1. The van der Waals surface area contributed by atoms with Crippen LogP contribution in [0.5, 0.6) is 10.9 Å². The van der Waals surface area contributed by atoms with Crippen molar-refractivity contribution < 1.29 is 9.53 Å². The average Bonchev–Trinajstić information content (AvgIpc) is 3.36. The highest BCUT2D eigenvalue weighted by Crippen LogP contribution is 2.33. The first kappa shape index (κ1) is 16.5. The maximum Gasteiger partial charge on any atom is 0.315 e. The van der Waals surface area contributed by atoms with Crippen LogP contribution in [0.4, 0.5) is 4.79 Å². The number of fused-ring (bicyclic) bond motifs is 3. The molecule has 3 aromatic rings. The summed E-state index contributed by atoms with van der Waals surface area (Å²) in [5.41, 5.74) is 7.37. The fourth-order valence-electron chi connectivity index (χ4n) is 4.00. The molecule has 2 aliphatic rings. The summed E-state index contributed by atoms with van der Waals surface area (Å²) in [6, 6.07) is 12.4. The standard InChI is InChI=1S/C19H19N5O2S/c20-18(25)24-11-13-8-14(24)10-23(13)9-12-3-5-15(6-4-12)26-19-22-17-16(27-19)2-1-7-21-17/h1-7,13-14H,8-11H2,(H2,20,25)/t13-,14-/m0/s1. The largest absolute Gasteiger partial charge is 0.431 e. The van der Waals surface area contributed by atoms with Crippen LogP contribution in [0, 0.1) is 0 Å². The van der Waals surface area contributed by atoms with Crippen LogP contribution in [0.3, 0.4) is 0 Å². The van der Waals surface area contributed by atoms with Crippen molar-refractivity contribution in [1.82, 2.24) is 19.8 Å². The van der Waals surface area contributed by atoms with Crippen molar-refractivity contribution in [1.29, 1.82) is 0 Å². The van der Waals surface area contributed by atoms with Crippen LogP contribution in [-0.2, 0) is 6.54 Å². The summed E-state index contributed by atoms with van der Waals surface area (Å²) in [5.74, 6) is 0.764. The Labute approximate surface area is 160 Å². The molecule has 0 saturated carbocycles. The van der Waals surface area contributed by atoms with Gasteiger partial charge in [-0.2, -0.15) is 4.98 Å². The van der Waals surface area contributed by atoms with Gasteiger partial charge in [0, 0.05) is 37.9 Å². The predicted octanol–water partition coefficient (Wildman–Crippen LogP) is 2.82. The van der Waals surface area contributed by atoms with Gasteiger partial charge in [-0.05, 0) is 36.2 Å². The maximum absolute atomic E-state index is 11.4. The molecule has 0 spiro atoms. The third-order valence-electron chi connectivity index (χ3n) is 5.30. The molecule has 138 valence electrons. The number of piperazine rings is 1. The van der Waals surface area contributed by atoms with E-state index in [2.05, 4.69) is 27.0 Å². The van der Waals surface area contributed by atoms with Crippen LogP contribution in [0.1, 0.15) is 12.0 Å². The highest BCUT2D eigenvalue weighted by Gasteiger charge is 2.44. The maximum atomic E-state index is 11.4. The molecule has 2 N–H and O–H groups in total. The van der Waals surface area contributed by atoms with Crippen LogP contribution in [0.15, 0.2) is 42.6 Å². The second-order valence-corrected chi connectivity index (χ2v) is 8.01. The number of carbonyl (C=O) groups excluding carboxylic acids is 1. The van der Waals surface area contributed by atoms with E-state index in [0.29, 0.717) is 16.9 Å². The molecule has 8 heteroatoms. The van der Waals surface area contributed by atoms with Crippen molar-refractivity contribution >= 4 is 27.7 Å². The van der Waals surface area contributed by atoms with Gasteiger partial charge in [-0.3, -0.25) is 4.90 Å². The van der Waals surface area contributed by atoms with Crippen LogP contribution >= 0.6 is 11.3 Å². The van der Waals surface area contributed by atoms with Gasteiger partial charge >= 0.3 is 6.03 Å². The van der Waals surface area contributed by atoms with E-state index in [9.17, 15) is 4.79 Å². The minimum absolute atomic E-state index is 0.266. The first-order chi connectivity index (χ1) is 13.2. The number of hydrogen-bond donors (Lipinski definition) is 1. The van der Waals surface area contributed by atoms with Gasteiger partial charge in [0.05, 0.1) is 4.70 Å². The molecule has 4 heterocycles. The Bertz CT molecular complexity index is 956. The fraction of sp³-hybridized carbons (Fsp3) is 0.316. The Kier molecular flexibility index (Phi) is 3.95. The number of aromatic nitrogens is 2. The number of primary amides is 1. The molecule has 0 unspecified atom stereocenters. The van der Waals surface area contributed by atoms with E-state index in [1.54, 1.807) is 11.1 Å². The average molecular weight is 381 g/mol. The van der Waals surface area contributed by atoms with Crippen molar-refractivity contribution in [3.8, 4) is 10.9 Å². The molecule has 2 bridgehead atoms. The molecule has 2 fully saturated rings. The molecule has 2 amide bonds. The number of amides is 2. The zero-order valence-corrected chi connectivity index (χ0v) is 15.4. The number of thiazole rings is 1. The van der Waals surface area contributed by atoms with Crippen molar-refractivity contribution in [3.63, 3.8) is 0 Å². The second kappa shape index (κ2) is 6.47. The topological polar surface area (TPSA) is 84.6 Å². The number of nitrogens with zero attached hydrogens (tertiary/aromatic N) is 4. The Hall–Kier alpha value is -2.71. The van der Waals surface area contributed by atoms with Gasteiger partial charge in [-0.15, -0.1) is 0 Å². The quantitative estimate of drug-likeness (QED) is 0.751. The second-order valence-electron chi connectivity index (χ2n) is 7.01. The molecule has 2 aliphatic heterocycles. The highest BCUT2D eigenvalue weighted by atomic mass is 32.1. The van der Waals surface area contributed by atoms with Crippen molar-refractivity contribution in [2.24, 2.45) is 5.73 Å². The predicted molar refractivity (Wildman–Crippen MR) is 103 cm³/mol. The lowest BCUT2D eigenvalue weighted by molar-refractivity contribution is 0.137. The summed E-state index contributed by atoms with van der Waals surface area (Å²) in [7, 11) is 0. The van der Waals surface area contributed by atoms with Crippen LogP contribution in [0.2, 0.25) is 0 Å². The number of likely N-dealkylation sites (tertiary alicyclic amines) is 2. The molecule has 1 aromatic carbocycles. The summed E-state index contributed by atoms with van der Waals surface area (Å²) in [6.45, 7) is 2.51. The molecular weight excluding hydrogens is 362 g/mol. The number of pyridine rings is 1. The van der Waals surface area contributed by atoms with Crippen LogP contribution in [0.25, 0.3) is 10.3 Å². The zero-order chi connectivity index (χ0) is 18.4. The number of benzene rings is 1. The van der Waals surface area contributed by atoms with Gasteiger partial charge in [-0.25, -0.2) is 9.78 Å². The third-order valence-corrected chi connectivity index (χ3v) is 6.18. The Morgan fingerprint density at radius 2 is 2.07 bits per heavy atom. The minimum Gasteiger partial charge on any atom is -0.431 e. The lowest BCUT2D eigenvalue weighted by Gasteiger charge is -2.33. The summed E-state index contributed by atoms with van der Waals surface area (Å²) < 4.78 is 6.89. The molecule has 2 atom stereocenters. The summed E-state index contributed by atoms with van der Waals surface area (Å²) in [4.78, 5) is 24.3. The number of urea groups is 1.